The van der Waals surface area contributed by atoms with Crippen molar-refractivity contribution in [3.8, 4) is 0 Å². The Kier molecular flexibility index (Phi) is 3.76. The van der Waals surface area contributed by atoms with E-state index in [1.54, 1.807) is 13.8 Å². The zero-order valence-corrected chi connectivity index (χ0v) is 17.2. The number of benzene rings is 1. The Morgan fingerprint density at radius 3 is 2.55 bits per heavy atom. The molecule has 1 aromatic carbocycles. The molecule has 0 aliphatic heterocycles. The largest absolute Gasteiger partial charge is 0.459 e. The van der Waals surface area contributed by atoms with E-state index in [0.717, 1.165) is 15.3 Å². The van der Waals surface area contributed by atoms with Crippen LogP contribution in [0.15, 0.2) is 29.1 Å². The maximum atomic E-state index is 13.0. The molecule has 0 fully saturated rings. The van der Waals surface area contributed by atoms with Crippen LogP contribution in [0, 0.1) is 13.8 Å². The van der Waals surface area contributed by atoms with Gasteiger partial charge in [0.05, 0.1) is 22.5 Å². The van der Waals surface area contributed by atoms with Crippen molar-refractivity contribution >= 4 is 55.4 Å². The summed E-state index contributed by atoms with van der Waals surface area (Å²) in [5.74, 6) is -0.530. The molecule has 0 saturated carbocycles. The van der Waals surface area contributed by atoms with Crippen LogP contribution in [0.1, 0.15) is 34.6 Å². The zero-order chi connectivity index (χ0) is 20.4. The minimum Gasteiger partial charge on any atom is -0.459 e. The number of para-hydroxylation sites is 2. The second-order valence-electron chi connectivity index (χ2n) is 7.32. The van der Waals surface area contributed by atoms with Gasteiger partial charge in [-0.2, -0.15) is 0 Å². The van der Waals surface area contributed by atoms with Crippen LogP contribution in [0.25, 0.3) is 38.1 Å². The highest BCUT2D eigenvalue weighted by atomic mass is 32.1. The van der Waals surface area contributed by atoms with Crippen molar-refractivity contribution in [1.29, 1.82) is 0 Å². The summed E-state index contributed by atoms with van der Waals surface area (Å²) in [6.45, 7) is 7.47. The van der Waals surface area contributed by atoms with Crippen LogP contribution in [-0.4, -0.2) is 31.4 Å². The number of esters is 1. The Bertz CT molecular complexity index is 1520. The molecule has 0 aliphatic carbocycles. The normalized spacial score (nSPS) is 12.0. The van der Waals surface area contributed by atoms with E-state index in [4.69, 9.17) is 14.7 Å². The van der Waals surface area contributed by atoms with Crippen LogP contribution in [0.5, 0.6) is 0 Å². The van der Waals surface area contributed by atoms with Gasteiger partial charge in [-0.05, 0) is 45.4 Å². The van der Waals surface area contributed by atoms with Crippen molar-refractivity contribution in [1.82, 2.24) is 19.4 Å². The summed E-state index contributed by atoms with van der Waals surface area (Å²) in [6, 6.07) is 7.49. The lowest BCUT2D eigenvalue weighted by atomic mass is 10.2. The van der Waals surface area contributed by atoms with Crippen molar-refractivity contribution in [2.24, 2.45) is 0 Å². The number of H-pyrrole nitrogens is 1. The molecular formula is C21H18N4O3S. The minimum atomic E-state index is -0.530. The molecular weight excluding hydrogens is 388 g/mol. The van der Waals surface area contributed by atoms with Crippen LogP contribution in [0.4, 0.5) is 0 Å². The number of hydrogen-bond donors (Lipinski definition) is 1. The molecule has 0 bridgehead atoms. The van der Waals surface area contributed by atoms with Gasteiger partial charge in [0, 0.05) is 4.88 Å². The van der Waals surface area contributed by atoms with E-state index in [-0.39, 0.29) is 17.2 Å². The van der Waals surface area contributed by atoms with Crippen molar-refractivity contribution in [2.45, 2.75) is 33.8 Å². The van der Waals surface area contributed by atoms with Gasteiger partial charge in [-0.1, -0.05) is 12.1 Å². The van der Waals surface area contributed by atoms with E-state index in [1.165, 1.54) is 11.3 Å². The van der Waals surface area contributed by atoms with Gasteiger partial charge in [0.15, 0.2) is 5.65 Å². The molecule has 5 rings (SSSR count). The van der Waals surface area contributed by atoms with E-state index in [9.17, 15) is 9.59 Å². The molecule has 0 spiro atoms. The molecule has 0 unspecified atom stereocenters. The van der Waals surface area contributed by atoms with Gasteiger partial charge >= 0.3 is 5.97 Å². The SMILES string of the molecule is Cc1sc2c(c1C)c(=O)[nH]c1c(C(=O)OC(C)C)c3nc4ccccc4nc3n12. The van der Waals surface area contributed by atoms with Gasteiger partial charge in [-0.3, -0.25) is 9.20 Å². The molecule has 7 nitrogen and oxygen atoms in total. The molecule has 4 aromatic heterocycles. The second kappa shape index (κ2) is 6.12. The summed E-state index contributed by atoms with van der Waals surface area (Å²) >= 11 is 1.50. The number of aryl methyl sites for hydroxylation is 2. The highest BCUT2D eigenvalue weighted by Crippen LogP contribution is 2.33. The molecule has 0 radical (unpaired) electrons. The predicted molar refractivity (Wildman–Crippen MR) is 114 cm³/mol. The average Bonchev–Trinajstić information content (AvgIpc) is 3.13. The lowest BCUT2D eigenvalue weighted by Crippen LogP contribution is -2.14. The van der Waals surface area contributed by atoms with E-state index in [2.05, 4.69) is 4.98 Å². The van der Waals surface area contributed by atoms with E-state index in [0.29, 0.717) is 33.2 Å². The highest BCUT2D eigenvalue weighted by molar-refractivity contribution is 7.18. The summed E-state index contributed by atoms with van der Waals surface area (Å²) < 4.78 is 7.29. The number of aromatic nitrogens is 4. The number of carbonyl (C=O) groups excluding carboxylic acids is 1. The molecule has 0 atom stereocenters. The lowest BCUT2D eigenvalue weighted by molar-refractivity contribution is 0.0382. The first-order valence-electron chi connectivity index (χ1n) is 9.30. The summed E-state index contributed by atoms with van der Waals surface area (Å²) in [4.78, 5) is 40.0. The fourth-order valence-electron chi connectivity index (χ4n) is 3.63. The standard InChI is InChI=1S/C21H18N4O3S/c1-9(2)28-21(27)15-16-18(23-13-8-6-5-7-12(13)22-16)25-17(15)24-19(26)14-10(3)11(4)29-20(14)25/h5-9H,1-4H3,(H,24,26). The predicted octanol–water partition coefficient (Wildman–Crippen LogP) is 4.12. The fraction of sp³-hybridized carbons (Fsp3) is 0.238. The average molecular weight is 406 g/mol. The van der Waals surface area contributed by atoms with Crippen LogP contribution in [0.3, 0.4) is 0 Å². The third-order valence-corrected chi connectivity index (χ3v) is 6.23. The van der Waals surface area contributed by atoms with E-state index >= 15 is 0 Å². The first-order valence-corrected chi connectivity index (χ1v) is 10.1. The third kappa shape index (κ3) is 2.49. The molecule has 4 heterocycles. The first-order chi connectivity index (χ1) is 13.9. The number of hydrogen-bond acceptors (Lipinski definition) is 6. The van der Waals surface area contributed by atoms with Gasteiger partial charge in [-0.15, -0.1) is 11.3 Å². The van der Waals surface area contributed by atoms with Gasteiger partial charge in [0.25, 0.3) is 5.56 Å². The molecule has 146 valence electrons. The molecule has 0 aliphatic rings. The summed E-state index contributed by atoms with van der Waals surface area (Å²) in [5, 5.41) is 0.607. The van der Waals surface area contributed by atoms with Crippen molar-refractivity contribution in [3.63, 3.8) is 0 Å². The minimum absolute atomic E-state index is 0.231. The zero-order valence-electron chi connectivity index (χ0n) is 16.4. The van der Waals surface area contributed by atoms with Crippen LogP contribution in [0.2, 0.25) is 0 Å². The number of carbonyl (C=O) groups is 1. The number of fused-ring (bicyclic) bond motifs is 6. The van der Waals surface area contributed by atoms with Gasteiger partial charge in [0.2, 0.25) is 0 Å². The summed E-state index contributed by atoms with van der Waals surface area (Å²) in [5.41, 5.74) is 3.61. The Balaban J connectivity index is 2.05. The van der Waals surface area contributed by atoms with Crippen molar-refractivity contribution in [2.75, 3.05) is 0 Å². The maximum absolute atomic E-state index is 13.0. The second-order valence-corrected chi connectivity index (χ2v) is 8.52. The monoisotopic (exact) mass is 406 g/mol. The van der Waals surface area contributed by atoms with Crippen molar-refractivity contribution in [3.05, 3.63) is 50.6 Å². The van der Waals surface area contributed by atoms with Gasteiger partial charge in [-0.25, -0.2) is 14.8 Å². The molecule has 5 aromatic rings. The number of nitrogens with one attached hydrogen (secondary N) is 1. The molecule has 8 heteroatoms. The van der Waals surface area contributed by atoms with Crippen LogP contribution >= 0.6 is 11.3 Å². The van der Waals surface area contributed by atoms with Gasteiger partial charge < -0.3 is 9.72 Å². The molecule has 0 saturated heterocycles. The van der Waals surface area contributed by atoms with Crippen LogP contribution in [-0.2, 0) is 4.74 Å². The Hall–Kier alpha value is -3.26. The molecule has 29 heavy (non-hydrogen) atoms. The lowest BCUT2D eigenvalue weighted by Gasteiger charge is -2.07. The number of ether oxygens (including phenoxy) is 1. The van der Waals surface area contributed by atoms with Crippen LogP contribution < -0.4 is 5.56 Å². The topological polar surface area (TPSA) is 89.3 Å². The Labute approximate surface area is 169 Å². The fourth-order valence-corrected chi connectivity index (χ4v) is 4.79. The third-order valence-electron chi connectivity index (χ3n) is 5.04. The van der Waals surface area contributed by atoms with Gasteiger partial charge in [0.1, 0.15) is 21.6 Å². The number of thiophene rings is 1. The maximum Gasteiger partial charge on any atom is 0.344 e. The highest BCUT2D eigenvalue weighted by Gasteiger charge is 2.27. The molecule has 0 amide bonds. The van der Waals surface area contributed by atoms with E-state index < -0.39 is 5.97 Å². The Morgan fingerprint density at radius 2 is 1.86 bits per heavy atom. The number of aromatic amines is 1. The Morgan fingerprint density at radius 1 is 1.17 bits per heavy atom. The van der Waals surface area contributed by atoms with E-state index in [1.807, 2.05) is 42.5 Å². The number of rotatable bonds is 2. The molecule has 1 N–H and O–H groups in total. The summed E-state index contributed by atoms with van der Waals surface area (Å²) in [6.07, 6.45) is -0.303. The summed E-state index contributed by atoms with van der Waals surface area (Å²) in [7, 11) is 0. The quantitative estimate of drug-likeness (QED) is 0.446. The smallest absolute Gasteiger partial charge is 0.344 e. The number of nitrogens with zero attached hydrogens (tertiary/aromatic N) is 3. The first kappa shape index (κ1) is 17.8. The van der Waals surface area contributed by atoms with Crippen molar-refractivity contribution < 1.29 is 9.53 Å².